The molecule has 1 aromatic carbocycles. The molecule has 1 atom stereocenters. The molecule has 0 fully saturated rings. The molecular formula is C10H9BrF3N. The molecular weight excluding hydrogens is 271 g/mol. The van der Waals surface area contributed by atoms with E-state index in [0.29, 0.717) is 12.1 Å². The van der Waals surface area contributed by atoms with E-state index < -0.39 is 12.1 Å². The Labute approximate surface area is 93.8 Å². The van der Waals surface area contributed by atoms with Crippen molar-refractivity contribution in [2.75, 3.05) is 6.54 Å². The highest BCUT2D eigenvalue weighted by atomic mass is 79.9. The lowest BCUT2D eigenvalue weighted by atomic mass is 9.90. The minimum atomic E-state index is -4.17. The summed E-state index contributed by atoms with van der Waals surface area (Å²) < 4.78 is 38.8. The fourth-order valence-corrected chi connectivity index (χ4v) is 2.23. The number of benzene rings is 1. The van der Waals surface area contributed by atoms with Crippen LogP contribution in [0.15, 0.2) is 22.7 Å². The SMILES string of the molecule is FC(F)(F)C1CNCc2cc(Br)ccc21. The first-order valence-electron chi connectivity index (χ1n) is 4.54. The lowest BCUT2D eigenvalue weighted by Gasteiger charge is -2.28. The summed E-state index contributed by atoms with van der Waals surface area (Å²) in [6.45, 7) is 0.472. The van der Waals surface area contributed by atoms with Crippen molar-refractivity contribution >= 4 is 15.9 Å². The van der Waals surface area contributed by atoms with Gasteiger partial charge in [-0.1, -0.05) is 22.0 Å². The minimum absolute atomic E-state index is 0.0296. The van der Waals surface area contributed by atoms with Crippen LogP contribution in [0.1, 0.15) is 17.0 Å². The monoisotopic (exact) mass is 279 g/mol. The maximum absolute atomic E-state index is 12.7. The highest BCUT2D eigenvalue weighted by Gasteiger charge is 2.42. The Morgan fingerprint density at radius 2 is 2.07 bits per heavy atom. The first-order valence-corrected chi connectivity index (χ1v) is 5.33. The van der Waals surface area contributed by atoms with Crippen molar-refractivity contribution in [1.29, 1.82) is 0 Å². The molecule has 0 spiro atoms. The van der Waals surface area contributed by atoms with Crippen LogP contribution in [-0.4, -0.2) is 12.7 Å². The quantitative estimate of drug-likeness (QED) is 0.769. The number of hydrogen-bond acceptors (Lipinski definition) is 1. The Hall–Kier alpha value is -0.550. The average molecular weight is 280 g/mol. The zero-order valence-corrected chi connectivity index (χ0v) is 9.32. The summed E-state index contributed by atoms with van der Waals surface area (Å²) in [5, 5.41) is 2.78. The van der Waals surface area contributed by atoms with Gasteiger partial charge in [0.15, 0.2) is 0 Å². The van der Waals surface area contributed by atoms with Gasteiger partial charge in [0.1, 0.15) is 0 Å². The second-order valence-electron chi connectivity index (χ2n) is 3.57. The highest BCUT2D eigenvalue weighted by molar-refractivity contribution is 9.10. The molecule has 1 unspecified atom stereocenters. The van der Waals surface area contributed by atoms with Crippen LogP contribution in [0, 0.1) is 0 Å². The highest BCUT2D eigenvalue weighted by Crippen LogP contribution is 2.38. The van der Waals surface area contributed by atoms with Gasteiger partial charge in [-0.3, -0.25) is 0 Å². The predicted octanol–water partition coefficient (Wildman–Crippen LogP) is 3.20. The third-order valence-electron chi connectivity index (χ3n) is 2.54. The molecule has 1 aliphatic rings. The van der Waals surface area contributed by atoms with Crippen LogP contribution in [-0.2, 0) is 6.54 Å². The van der Waals surface area contributed by atoms with Gasteiger partial charge in [0.05, 0.1) is 5.92 Å². The van der Waals surface area contributed by atoms with Gasteiger partial charge in [-0.2, -0.15) is 13.2 Å². The van der Waals surface area contributed by atoms with E-state index in [4.69, 9.17) is 0 Å². The van der Waals surface area contributed by atoms with Gasteiger partial charge in [0.25, 0.3) is 0 Å². The average Bonchev–Trinajstić information content (AvgIpc) is 2.15. The summed E-state index contributed by atoms with van der Waals surface area (Å²) in [6, 6.07) is 4.95. The number of nitrogens with one attached hydrogen (secondary N) is 1. The number of rotatable bonds is 0. The van der Waals surface area contributed by atoms with Gasteiger partial charge in [0.2, 0.25) is 0 Å². The number of hydrogen-bond donors (Lipinski definition) is 1. The number of halogens is 4. The third kappa shape index (κ3) is 2.18. The molecule has 0 saturated heterocycles. The topological polar surface area (TPSA) is 12.0 Å². The molecule has 0 radical (unpaired) electrons. The van der Waals surface area contributed by atoms with E-state index in [2.05, 4.69) is 21.2 Å². The molecule has 1 heterocycles. The molecule has 0 aromatic heterocycles. The molecule has 15 heavy (non-hydrogen) atoms. The van der Waals surface area contributed by atoms with E-state index in [1.807, 2.05) is 0 Å². The van der Waals surface area contributed by atoms with Gasteiger partial charge in [-0.05, 0) is 23.3 Å². The minimum Gasteiger partial charge on any atom is -0.312 e. The standard InChI is InChI=1S/C10H9BrF3N/c11-7-1-2-8-6(3-7)4-15-5-9(8)10(12,13)14/h1-3,9,15H,4-5H2. The van der Waals surface area contributed by atoms with Crippen LogP contribution in [0.25, 0.3) is 0 Å². The molecule has 0 bridgehead atoms. The Bertz CT molecular complexity index is 375. The number of alkyl halides is 3. The molecule has 0 amide bonds. The van der Waals surface area contributed by atoms with Crippen molar-refractivity contribution < 1.29 is 13.2 Å². The van der Waals surface area contributed by atoms with E-state index in [9.17, 15) is 13.2 Å². The van der Waals surface area contributed by atoms with Crippen LogP contribution in [0.3, 0.4) is 0 Å². The second-order valence-corrected chi connectivity index (χ2v) is 4.48. The molecule has 1 nitrogen and oxygen atoms in total. The van der Waals surface area contributed by atoms with E-state index in [1.54, 1.807) is 18.2 Å². The van der Waals surface area contributed by atoms with E-state index >= 15 is 0 Å². The van der Waals surface area contributed by atoms with E-state index in [1.165, 1.54) is 0 Å². The van der Waals surface area contributed by atoms with Crippen LogP contribution in [0.2, 0.25) is 0 Å². The lowest BCUT2D eigenvalue weighted by Crippen LogP contribution is -2.36. The van der Waals surface area contributed by atoms with Crippen molar-refractivity contribution in [3.8, 4) is 0 Å². The first kappa shape index (κ1) is 11.0. The second kappa shape index (κ2) is 3.79. The van der Waals surface area contributed by atoms with Crippen LogP contribution in [0.4, 0.5) is 13.2 Å². The first-order chi connectivity index (χ1) is 6.98. The van der Waals surface area contributed by atoms with E-state index in [-0.39, 0.29) is 6.54 Å². The number of fused-ring (bicyclic) bond motifs is 1. The maximum Gasteiger partial charge on any atom is 0.396 e. The molecule has 2 rings (SSSR count). The Morgan fingerprint density at radius 1 is 1.33 bits per heavy atom. The summed E-state index contributed by atoms with van der Waals surface area (Å²) in [7, 11) is 0. The molecule has 0 aliphatic carbocycles. The van der Waals surface area contributed by atoms with Gasteiger partial charge in [0, 0.05) is 17.6 Å². The normalized spacial score (nSPS) is 21.2. The van der Waals surface area contributed by atoms with Crippen LogP contribution >= 0.6 is 15.9 Å². The van der Waals surface area contributed by atoms with Crippen molar-refractivity contribution in [3.63, 3.8) is 0 Å². The summed E-state index contributed by atoms with van der Waals surface area (Å²) in [5.74, 6) is -1.38. The summed E-state index contributed by atoms with van der Waals surface area (Å²) in [4.78, 5) is 0. The largest absolute Gasteiger partial charge is 0.396 e. The van der Waals surface area contributed by atoms with Crippen LogP contribution < -0.4 is 5.32 Å². The van der Waals surface area contributed by atoms with Crippen molar-refractivity contribution in [1.82, 2.24) is 5.32 Å². The van der Waals surface area contributed by atoms with Gasteiger partial charge in [-0.15, -0.1) is 0 Å². The zero-order chi connectivity index (χ0) is 11.1. The lowest BCUT2D eigenvalue weighted by molar-refractivity contribution is -0.150. The van der Waals surface area contributed by atoms with Crippen molar-refractivity contribution in [3.05, 3.63) is 33.8 Å². The molecule has 1 aliphatic heterocycles. The van der Waals surface area contributed by atoms with Crippen molar-refractivity contribution in [2.45, 2.75) is 18.6 Å². The van der Waals surface area contributed by atoms with Gasteiger partial charge in [-0.25, -0.2) is 0 Å². The Morgan fingerprint density at radius 3 is 2.73 bits per heavy atom. The molecule has 5 heteroatoms. The molecule has 82 valence electrons. The Balaban J connectivity index is 2.43. The zero-order valence-electron chi connectivity index (χ0n) is 7.74. The predicted molar refractivity (Wildman–Crippen MR) is 54.6 cm³/mol. The molecule has 1 aromatic rings. The summed E-state index contributed by atoms with van der Waals surface area (Å²) in [5.41, 5.74) is 1.11. The van der Waals surface area contributed by atoms with Gasteiger partial charge < -0.3 is 5.32 Å². The van der Waals surface area contributed by atoms with Gasteiger partial charge >= 0.3 is 6.18 Å². The Kier molecular flexibility index (Phi) is 2.77. The maximum atomic E-state index is 12.7. The van der Waals surface area contributed by atoms with E-state index in [0.717, 1.165) is 10.0 Å². The molecule has 0 saturated carbocycles. The fourth-order valence-electron chi connectivity index (χ4n) is 1.82. The fraction of sp³-hybridized carbons (Fsp3) is 0.400. The smallest absolute Gasteiger partial charge is 0.312 e. The molecule has 1 N–H and O–H groups in total. The van der Waals surface area contributed by atoms with Crippen LogP contribution in [0.5, 0.6) is 0 Å². The third-order valence-corrected chi connectivity index (χ3v) is 3.03. The van der Waals surface area contributed by atoms with Crippen molar-refractivity contribution in [2.24, 2.45) is 0 Å². The summed E-state index contributed by atoms with van der Waals surface area (Å²) >= 11 is 3.25. The summed E-state index contributed by atoms with van der Waals surface area (Å²) in [6.07, 6.45) is -4.17.